The van der Waals surface area contributed by atoms with E-state index in [1.165, 1.54) is 0 Å². The summed E-state index contributed by atoms with van der Waals surface area (Å²) in [5.41, 5.74) is 2.50. The van der Waals surface area contributed by atoms with Gasteiger partial charge in [-0.3, -0.25) is 4.79 Å². The number of carboxylic acids is 3. The lowest BCUT2D eigenvalue weighted by Crippen LogP contribution is -2.37. The molecule has 4 aromatic rings. The van der Waals surface area contributed by atoms with E-state index in [9.17, 15) is 34.5 Å². The fourth-order valence-corrected chi connectivity index (χ4v) is 5.51. The van der Waals surface area contributed by atoms with Gasteiger partial charge in [-0.1, -0.05) is 72.8 Å². The van der Waals surface area contributed by atoms with Crippen LogP contribution in [0.3, 0.4) is 0 Å². The monoisotopic (exact) mass is 549 g/mol. The van der Waals surface area contributed by atoms with Crippen molar-refractivity contribution in [2.45, 2.75) is 31.8 Å². The number of hydrogen-bond donors (Lipinski definition) is 3. The van der Waals surface area contributed by atoms with Gasteiger partial charge in [0.2, 0.25) is 0 Å². The van der Waals surface area contributed by atoms with Crippen molar-refractivity contribution in [3.63, 3.8) is 0 Å². The Hall–Kier alpha value is -5.24. The molecule has 0 unspecified atom stereocenters. The zero-order valence-corrected chi connectivity index (χ0v) is 22.0. The first-order valence-corrected chi connectivity index (χ1v) is 13.2. The van der Waals surface area contributed by atoms with Crippen LogP contribution in [0.2, 0.25) is 0 Å². The van der Waals surface area contributed by atoms with Gasteiger partial charge in [0, 0.05) is 6.54 Å². The molecule has 8 nitrogen and oxygen atoms in total. The van der Waals surface area contributed by atoms with E-state index >= 15 is 0 Å². The number of carboxylic acid groups (broad SMARTS) is 3. The molecule has 0 saturated carbocycles. The smallest absolute Gasteiger partial charge is 0.336 e. The summed E-state index contributed by atoms with van der Waals surface area (Å²) in [5, 5.41) is 29.2. The molecule has 1 amide bonds. The minimum absolute atomic E-state index is 0.126. The molecular formula is C33H27NO7. The highest BCUT2D eigenvalue weighted by molar-refractivity contribution is 6.10. The number of carbonyl (C=O) groups is 4. The molecule has 1 aliphatic carbocycles. The molecule has 0 spiro atoms. The number of aromatic carboxylic acids is 3. The van der Waals surface area contributed by atoms with Crippen LogP contribution in [0.4, 0.5) is 0 Å². The standard InChI is InChI=1S/C33H27NO7/c35-30(25-17-27(32(38)39)28(33(40)41)18-26(25)31(36)37)34(29-15-7-12-22-11-4-5-14-24(22)29)19-20-8-6-13-23(16-20)21-9-2-1-3-10-21/h1-6,8-11,13-14,16-18,29H,7,12,15,19H2,(H,36,37)(H,38,39)(H,40,41)/t29-/m0/s1. The Kier molecular flexibility index (Phi) is 7.65. The molecule has 3 N–H and O–H groups in total. The molecule has 1 aliphatic rings. The number of fused-ring (bicyclic) bond motifs is 1. The minimum Gasteiger partial charge on any atom is -0.478 e. The number of aryl methyl sites for hydroxylation is 1. The molecule has 41 heavy (non-hydrogen) atoms. The molecule has 0 radical (unpaired) electrons. The summed E-state index contributed by atoms with van der Waals surface area (Å²) in [6.07, 6.45) is 2.28. The van der Waals surface area contributed by atoms with Gasteiger partial charge in [-0.05, 0) is 65.3 Å². The molecule has 8 heteroatoms. The Morgan fingerprint density at radius 1 is 0.659 bits per heavy atom. The predicted molar refractivity (Wildman–Crippen MR) is 151 cm³/mol. The Bertz CT molecular complexity index is 1660. The van der Waals surface area contributed by atoms with Crippen LogP contribution in [0.1, 0.15) is 77.0 Å². The fraction of sp³-hybridized carbons (Fsp3) is 0.152. The Balaban J connectivity index is 1.65. The summed E-state index contributed by atoms with van der Waals surface area (Å²) in [4.78, 5) is 51.8. The van der Waals surface area contributed by atoms with Crippen LogP contribution < -0.4 is 0 Å². The van der Waals surface area contributed by atoms with Crippen molar-refractivity contribution in [1.29, 1.82) is 0 Å². The third kappa shape index (κ3) is 5.58. The average molecular weight is 550 g/mol. The summed E-state index contributed by atoms with van der Waals surface area (Å²) in [6.45, 7) is 0.126. The van der Waals surface area contributed by atoms with Crippen LogP contribution in [0, 0.1) is 0 Å². The molecule has 0 bridgehead atoms. The highest BCUT2D eigenvalue weighted by Crippen LogP contribution is 2.37. The van der Waals surface area contributed by atoms with Crippen molar-refractivity contribution in [2.75, 3.05) is 0 Å². The first-order chi connectivity index (χ1) is 19.7. The maximum absolute atomic E-state index is 14.3. The van der Waals surface area contributed by atoms with E-state index in [0.717, 1.165) is 52.8 Å². The van der Waals surface area contributed by atoms with Crippen molar-refractivity contribution in [1.82, 2.24) is 4.90 Å². The SMILES string of the molecule is O=C(O)c1cc(C(=O)O)c(C(=O)N(Cc2cccc(-c3ccccc3)c2)[C@H]2CCCc3ccccc32)cc1C(=O)O. The summed E-state index contributed by atoms with van der Waals surface area (Å²) < 4.78 is 0. The normalized spacial score (nSPS) is 14.1. The number of nitrogens with zero attached hydrogens (tertiary/aromatic N) is 1. The first-order valence-electron chi connectivity index (χ1n) is 13.2. The lowest BCUT2D eigenvalue weighted by Gasteiger charge is -2.36. The van der Waals surface area contributed by atoms with Crippen LogP contribution in [0.15, 0.2) is 91.0 Å². The number of carbonyl (C=O) groups excluding carboxylic acids is 1. The molecule has 0 aromatic heterocycles. The molecule has 5 rings (SSSR count). The van der Waals surface area contributed by atoms with E-state index in [0.29, 0.717) is 6.42 Å². The van der Waals surface area contributed by atoms with Crippen LogP contribution >= 0.6 is 0 Å². The van der Waals surface area contributed by atoms with Gasteiger partial charge < -0.3 is 20.2 Å². The van der Waals surface area contributed by atoms with Crippen molar-refractivity contribution in [3.05, 3.63) is 130 Å². The second-order valence-corrected chi connectivity index (χ2v) is 9.97. The van der Waals surface area contributed by atoms with Gasteiger partial charge in [-0.2, -0.15) is 0 Å². The number of benzene rings is 4. The van der Waals surface area contributed by atoms with Crippen molar-refractivity contribution >= 4 is 23.8 Å². The van der Waals surface area contributed by atoms with E-state index in [1.54, 1.807) is 4.90 Å². The second-order valence-electron chi connectivity index (χ2n) is 9.97. The third-order valence-corrected chi connectivity index (χ3v) is 7.44. The third-order valence-electron chi connectivity index (χ3n) is 7.44. The van der Waals surface area contributed by atoms with E-state index in [-0.39, 0.29) is 12.1 Å². The Morgan fingerprint density at radius 3 is 1.93 bits per heavy atom. The summed E-state index contributed by atoms with van der Waals surface area (Å²) in [6, 6.07) is 26.5. The van der Waals surface area contributed by atoms with Gasteiger partial charge in [0.1, 0.15) is 0 Å². The van der Waals surface area contributed by atoms with Gasteiger partial charge in [-0.25, -0.2) is 14.4 Å². The summed E-state index contributed by atoms with van der Waals surface area (Å²) in [5.74, 6) is -5.38. The van der Waals surface area contributed by atoms with Crippen LogP contribution in [-0.4, -0.2) is 44.0 Å². The fourth-order valence-electron chi connectivity index (χ4n) is 5.51. The summed E-state index contributed by atoms with van der Waals surface area (Å²) >= 11 is 0. The van der Waals surface area contributed by atoms with E-state index in [4.69, 9.17) is 0 Å². The Morgan fingerprint density at radius 2 is 1.24 bits per heavy atom. The number of rotatable bonds is 8. The second kappa shape index (κ2) is 11.5. The number of amides is 1. The Labute approximate surface area is 236 Å². The van der Waals surface area contributed by atoms with Gasteiger partial charge in [0.15, 0.2) is 0 Å². The van der Waals surface area contributed by atoms with Crippen molar-refractivity contribution < 1.29 is 34.5 Å². The molecule has 1 atom stereocenters. The van der Waals surface area contributed by atoms with Crippen LogP contribution in [-0.2, 0) is 13.0 Å². The van der Waals surface area contributed by atoms with Gasteiger partial charge in [0.05, 0.1) is 28.3 Å². The van der Waals surface area contributed by atoms with Gasteiger partial charge >= 0.3 is 17.9 Å². The van der Waals surface area contributed by atoms with Crippen molar-refractivity contribution in [3.8, 4) is 11.1 Å². The van der Waals surface area contributed by atoms with Crippen LogP contribution in [0.5, 0.6) is 0 Å². The number of hydrogen-bond acceptors (Lipinski definition) is 4. The molecule has 0 saturated heterocycles. The maximum atomic E-state index is 14.3. The highest BCUT2D eigenvalue weighted by atomic mass is 16.4. The van der Waals surface area contributed by atoms with Crippen molar-refractivity contribution in [2.24, 2.45) is 0 Å². The molecular weight excluding hydrogens is 522 g/mol. The maximum Gasteiger partial charge on any atom is 0.336 e. The molecule has 0 aliphatic heterocycles. The van der Waals surface area contributed by atoms with Gasteiger partial charge in [0.25, 0.3) is 5.91 Å². The lowest BCUT2D eigenvalue weighted by atomic mass is 9.86. The van der Waals surface area contributed by atoms with E-state index < -0.39 is 46.5 Å². The predicted octanol–water partition coefficient (Wildman–Crippen LogP) is 6.17. The molecule has 4 aromatic carbocycles. The van der Waals surface area contributed by atoms with Crippen LogP contribution in [0.25, 0.3) is 11.1 Å². The lowest BCUT2D eigenvalue weighted by molar-refractivity contribution is 0.0611. The molecule has 0 heterocycles. The largest absolute Gasteiger partial charge is 0.478 e. The average Bonchev–Trinajstić information content (AvgIpc) is 2.99. The molecule has 0 fully saturated rings. The van der Waals surface area contributed by atoms with Gasteiger partial charge in [-0.15, -0.1) is 0 Å². The zero-order valence-electron chi connectivity index (χ0n) is 22.0. The zero-order chi connectivity index (χ0) is 29.1. The quantitative estimate of drug-likeness (QED) is 0.239. The van der Waals surface area contributed by atoms with E-state index in [1.807, 2.05) is 78.9 Å². The highest BCUT2D eigenvalue weighted by Gasteiger charge is 2.33. The molecule has 206 valence electrons. The van der Waals surface area contributed by atoms with E-state index in [2.05, 4.69) is 0 Å². The summed E-state index contributed by atoms with van der Waals surface area (Å²) in [7, 11) is 0. The first kappa shape index (κ1) is 27.3. The minimum atomic E-state index is -1.60. The topological polar surface area (TPSA) is 132 Å².